The molecule has 0 radical (unpaired) electrons. The van der Waals surface area contributed by atoms with Gasteiger partial charge in [0.05, 0.1) is 0 Å². The van der Waals surface area contributed by atoms with Gasteiger partial charge in [-0.2, -0.15) is 0 Å². The van der Waals surface area contributed by atoms with Crippen molar-refractivity contribution >= 4 is 39.7 Å². The molecular formula is H13B4NaO16S. The summed E-state index contributed by atoms with van der Waals surface area (Å²) < 4.78 is 32.8. The maximum atomic E-state index is 8.63. The van der Waals surface area contributed by atoms with E-state index < -0.39 is 39.7 Å². The van der Waals surface area contributed by atoms with E-state index in [1.807, 2.05) is 0 Å². The normalized spacial score (nSPS) is 7.55. The molecule has 0 rings (SSSR count). The van der Waals surface area contributed by atoms with E-state index in [4.69, 9.17) is 77.8 Å². The number of hydrogen-bond donors (Lipinski definition) is 13. The summed E-state index contributed by atoms with van der Waals surface area (Å²) in [5.74, 6) is 0. The van der Waals surface area contributed by atoms with Crippen LogP contribution in [0, 0.1) is 0 Å². The maximum absolute atomic E-state index is 8.63. The molecule has 128 valence electrons. The van der Waals surface area contributed by atoms with Crippen molar-refractivity contribution in [2.24, 2.45) is 0 Å². The molecule has 0 aromatic heterocycles. The molecule has 13 N–H and O–H groups in total. The Hall–Kier alpha value is 0.650. The minimum atomic E-state index is -4.92. The van der Waals surface area contributed by atoms with Crippen molar-refractivity contribution in [1.29, 1.82) is 0 Å². The van der Waals surface area contributed by atoms with Gasteiger partial charge < -0.3 is 64.8 Å². The first-order valence-corrected chi connectivity index (χ1v) is 5.15. The second kappa shape index (κ2) is 26.5. The minimum absolute atomic E-state index is 0. The van der Waals surface area contributed by atoms with Crippen molar-refractivity contribution in [1.82, 2.24) is 0 Å². The first kappa shape index (κ1) is 38.3. The Morgan fingerprint density at radius 3 is 0.545 bits per heavy atom. The molecule has 0 unspecified atom stereocenters. The summed E-state index contributed by atoms with van der Waals surface area (Å²) in [5, 5.41) is 86.0. The molecule has 0 fully saturated rings. The van der Waals surface area contributed by atoms with Gasteiger partial charge in [-0.05, 0) is 0 Å². The van der Waals surface area contributed by atoms with Gasteiger partial charge in [-0.25, -0.2) is 8.42 Å². The fraction of sp³-hybridized carbons (Fsp3) is 0. The molecule has 0 saturated carbocycles. The molecule has 0 heterocycles. The summed E-state index contributed by atoms with van der Waals surface area (Å²) in [5.41, 5.74) is 0. The van der Waals surface area contributed by atoms with Crippen LogP contribution in [0.3, 0.4) is 0 Å². The fourth-order valence-electron chi connectivity index (χ4n) is 0. The SMILES string of the molecule is O=S(=O)([O-])O.OB(O)O.OB(O)O.OB(O)O.OB(O)O.[Na+]. The summed E-state index contributed by atoms with van der Waals surface area (Å²) in [6.45, 7) is 0. The molecule has 0 aliphatic rings. The molecule has 22 heteroatoms. The predicted molar refractivity (Wildman–Crippen MR) is 62.0 cm³/mol. The van der Waals surface area contributed by atoms with Crippen molar-refractivity contribution in [2.75, 3.05) is 0 Å². The van der Waals surface area contributed by atoms with Crippen LogP contribution in [0.4, 0.5) is 0 Å². The molecule has 0 aromatic carbocycles. The molecule has 0 bridgehead atoms. The van der Waals surface area contributed by atoms with Crippen LogP contribution < -0.4 is 29.6 Å². The van der Waals surface area contributed by atoms with Crippen LogP contribution in [-0.4, -0.2) is 107 Å². The van der Waals surface area contributed by atoms with Crippen molar-refractivity contribution in [2.45, 2.75) is 0 Å². The zero-order valence-electron chi connectivity index (χ0n) is 10.8. The molecule has 0 aliphatic heterocycles. The summed E-state index contributed by atoms with van der Waals surface area (Å²) in [4.78, 5) is 0. The molecule has 22 heavy (non-hydrogen) atoms. The third-order valence-electron chi connectivity index (χ3n) is 0. The first-order chi connectivity index (χ1) is 8.93. The van der Waals surface area contributed by atoms with E-state index in [9.17, 15) is 0 Å². The standard InChI is InChI=1S/4BH3O3.Na.H2O4S/c4*2-1(3)4;;1-5(2,3)4/h4*2-4H;;(H2,1,2,3,4)/q;;;;+1;/p-1. The van der Waals surface area contributed by atoms with Crippen molar-refractivity contribution in [3.05, 3.63) is 0 Å². The van der Waals surface area contributed by atoms with E-state index in [0.717, 1.165) is 0 Å². The van der Waals surface area contributed by atoms with Crippen LogP contribution in [0.2, 0.25) is 0 Å². The quantitative estimate of drug-likeness (QED) is 0.107. The molecular weight excluding hydrogens is 354 g/mol. The Balaban J connectivity index is -0.0000000361. The number of hydrogen-bond acceptors (Lipinski definition) is 15. The van der Waals surface area contributed by atoms with Crippen molar-refractivity contribution < 1.29 is 107 Å². The van der Waals surface area contributed by atoms with E-state index in [0.29, 0.717) is 0 Å². The Bertz CT molecular complexity index is 206. The number of rotatable bonds is 0. The minimum Gasteiger partial charge on any atom is -0.726 e. The van der Waals surface area contributed by atoms with Gasteiger partial charge in [-0.15, -0.1) is 0 Å². The van der Waals surface area contributed by atoms with E-state index in [1.165, 1.54) is 0 Å². The summed E-state index contributed by atoms with van der Waals surface area (Å²) in [6.07, 6.45) is 0. The second-order valence-corrected chi connectivity index (χ2v) is 2.67. The Labute approximate surface area is 147 Å². The zero-order chi connectivity index (χ0) is 18.8. The average molecular weight is 367 g/mol. The first-order valence-electron chi connectivity index (χ1n) is 3.78. The predicted octanol–water partition coefficient (Wildman–Crippen LogP) is -12.2. The maximum Gasteiger partial charge on any atom is 1.00 e. The Morgan fingerprint density at radius 1 is 0.545 bits per heavy atom. The Kier molecular flexibility index (Phi) is 46.2. The molecule has 0 amide bonds. The van der Waals surface area contributed by atoms with Gasteiger partial charge >= 0.3 is 58.8 Å². The van der Waals surface area contributed by atoms with Gasteiger partial charge in [0.15, 0.2) is 0 Å². The third-order valence-corrected chi connectivity index (χ3v) is 0. The second-order valence-electron chi connectivity index (χ2n) is 1.81. The molecule has 0 spiro atoms. The van der Waals surface area contributed by atoms with Gasteiger partial charge in [0, 0.05) is 0 Å². The van der Waals surface area contributed by atoms with Gasteiger partial charge in [0.2, 0.25) is 10.4 Å². The van der Waals surface area contributed by atoms with Gasteiger partial charge in [-0.1, -0.05) is 0 Å². The fourth-order valence-corrected chi connectivity index (χ4v) is 0. The summed E-state index contributed by atoms with van der Waals surface area (Å²) in [7, 11) is -13.6. The van der Waals surface area contributed by atoms with Crippen LogP contribution in [0.1, 0.15) is 0 Å². The molecule has 16 nitrogen and oxygen atoms in total. The molecule has 0 atom stereocenters. The van der Waals surface area contributed by atoms with E-state index in [-0.39, 0.29) is 29.6 Å². The van der Waals surface area contributed by atoms with Gasteiger partial charge in [0.1, 0.15) is 0 Å². The van der Waals surface area contributed by atoms with Crippen LogP contribution in [-0.2, 0) is 10.4 Å². The zero-order valence-corrected chi connectivity index (χ0v) is 13.6. The van der Waals surface area contributed by atoms with Crippen LogP contribution in [0.25, 0.3) is 0 Å². The van der Waals surface area contributed by atoms with Crippen LogP contribution in [0.15, 0.2) is 0 Å². The smallest absolute Gasteiger partial charge is 0.726 e. The molecule has 0 aliphatic carbocycles. The summed E-state index contributed by atoms with van der Waals surface area (Å²) >= 11 is 0. The summed E-state index contributed by atoms with van der Waals surface area (Å²) in [6, 6.07) is 0. The van der Waals surface area contributed by atoms with Crippen LogP contribution >= 0.6 is 0 Å². The van der Waals surface area contributed by atoms with Crippen molar-refractivity contribution in [3.8, 4) is 0 Å². The van der Waals surface area contributed by atoms with Gasteiger partial charge in [-0.3, -0.25) is 4.55 Å². The van der Waals surface area contributed by atoms with Crippen LogP contribution in [0.5, 0.6) is 0 Å². The monoisotopic (exact) mass is 368 g/mol. The van der Waals surface area contributed by atoms with Gasteiger partial charge in [0.25, 0.3) is 0 Å². The van der Waals surface area contributed by atoms with E-state index >= 15 is 0 Å². The average Bonchev–Trinajstić information content (AvgIpc) is 1.91. The molecule has 0 aromatic rings. The van der Waals surface area contributed by atoms with E-state index in [2.05, 4.69) is 0 Å². The topological polar surface area (TPSA) is 320 Å². The van der Waals surface area contributed by atoms with E-state index in [1.54, 1.807) is 0 Å². The largest absolute Gasteiger partial charge is 1.00 e. The Morgan fingerprint density at radius 2 is 0.545 bits per heavy atom. The third kappa shape index (κ3) is 18900. The molecule has 0 saturated heterocycles. The van der Waals surface area contributed by atoms with Crippen molar-refractivity contribution in [3.63, 3.8) is 0 Å².